The van der Waals surface area contributed by atoms with Crippen LogP contribution in [0.5, 0.6) is 11.5 Å². The van der Waals surface area contributed by atoms with Gasteiger partial charge < -0.3 is 14.8 Å². The SMILES string of the molecule is CCOc1cccc(/C=C(\C#N)C(=O)N[C@H]2CCCC[C@H]2C)c1OC(F)F. The standard InChI is InChI=1S/C20H24F2N2O3/c1-3-26-17-10-6-8-14(18(17)27-20(21)22)11-15(12-23)19(25)24-16-9-5-4-7-13(16)2/h6,8,10-11,13,16,20H,3-5,7,9H2,1-2H3,(H,24,25)/b15-11+/t13-,16+/m1/s1. The fourth-order valence-corrected chi connectivity index (χ4v) is 3.21. The third-order valence-electron chi connectivity index (χ3n) is 4.61. The number of ether oxygens (including phenoxy) is 2. The minimum absolute atomic E-state index is 0.00884. The van der Waals surface area contributed by atoms with Crippen molar-refractivity contribution in [2.24, 2.45) is 5.92 Å². The van der Waals surface area contributed by atoms with E-state index in [1.165, 1.54) is 18.2 Å². The molecule has 0 unspecified atom stereocenters. The zero-order valence-electron chi connectivity index (χ0n) is 15.5. The van der Waals surface area contributed by atoms with E-state index in [2.05, 4.69) is 17.0 Å². The van der Waals surface area contributed by atoms with E-state index < -0.39 is 12.5 Å². The lowest BCUT2D eigenvalue weighted by Gasteiger charge is -2.29. The van der Waals surface area contributed by atoms with E-state index in [1.807, 2.05) is 6.07 Å². The molecule has 5 nitrogen and oxygen atoms in total. The third-order valence-corrected chi connectivity index (χ3v) is 4.61. The van der Waals surface area contributed by atoms with Crippen LogP contribution in [0.2, 0.25) is 0 Å². The summed E-state index contributed by atoms with van der Waals surface area (Å²) in [7, 11) is 0. The molecule has 7 heteroatoms. The Kier molecular flexibility index (Phi) is 7.59. The number of carbonyl (C=O) groups is 1. The van der Waals surface area contributed by atoms with Gasteiger partial charge in [0.05, 0.1) is 6.61 Å². The molecule has 0 spiro atoms. The van der Waals surface area contributed by atoms with Gasteiger partial charge in [-0.3, -0.25) is 4.79 Å². The number of amides is 1. The molecule has 1 aromatic rings. The van der Waals surface area contributed by atoms with Crippen LogP contribution >= 0.6 is 0 Å². The molecule has 1 fully saturated rings. The van der Waals surface area contributed by atoms with Crippen molar-refractivity contribution in [3.63, 3.8) is 0 Å². The Morgan fingerprint density at radius 2 is 2.15 bits per heavy atom. The highest BCUT2D eigenvalue weighted by Gasteiger charge is 2.24. The average Bonchev–Trinajstić information content (AvgIpc) is 2.63. The van der Waals surface area contributed by atoms with Crippen LogP contribution < -0.4 is 14.8 Å². The third kappa shape index (κ3) is 5.68. The summed E-state index contributed by atoms with van der Waals surface area (Å²) in [5.74, 6) is -0.242. The van der Waals surface area contributed by atoms with Gasteiger partial charge in [-0.25, -0.2) is 0 Å². The number of nitrogens with one attached hydrogen (secondary N) is 1. The van der Waals surface area contributed by atoms with Crippen LogP contribution in [0, 0.1) is 17.2 Å². The smallest absolute Gasteiger partial charge is 0.387 e. The van der Waals surface area contributed by atoms with Crippen LogP contribution in [0.1, 0.15) is 45.1 Å². The molecule has 0 saturated heterocycles. The van der Waals surface area contributed by atoms with Crippen molar-refractivity contribution in [1.82, 2.24) is 5.32 Å². The maximum absolute atomic E-state index is 12.8. The van der Waals surface area contributed by atoms with Gasteiger partial charge in [0.1, 0.15) is 11.6 Å². The number of hydrogen-bond acceptors (Lipinski definition) is 4. The summed E-state index contributed by atoms with van der Waals surface area (Å²) in [5, 5.41) is 12.3. The maximum Gasteiger partial charge on any atom is 0.387 e. The molecule has 1 aromatic carbocycles. The lowest BCUT2D eigenvalue weighted by molar-refractivity contribution is -0.118. The summed E-state index contributed by atoms with van der Waals surface area (Å²) >= 11 is 0. The number of benzene rings is 1. The zero-order chi connectivity index (χ0) is 19.8. The van der Waals surface area contributed by atoms with E-state index in [0.717, 1.165) is 25.7 Å². The number of halogens is 2. The highest BCUT2D eigenvalue weighted by atomic mass is 19.3. The summed E-state index contributed by atoms with van der Waals surface area (Å²) in [6, 6.07) is 6.44. The first-order chi connectivity index (χ1) is 13.0. The highest BCUT2D eigenvalue weighted by Crippen LogP contribution is 2.34. The Morgan fingerprint density at radius 3 is 2.78 bits per heavy atom. The number of nitrogens with zero attached hydrogens (tertiary/aromatic N) is 1. The quantitative estimate of drug-likeness (QED) is 0.568. The number of carbonyl (C=O) groups excluding carboxylic acids is 1. The molecule has 1 aliphatic carbocycles. The van der Waals surface area contributed by atoms with E-state index >= 15 is 0 Å². The zero-order valence-corrected chi connectivity index (χ0v) is 15.5. The van der Waals surface area contributed by atoms with Gasteiger partial charge in [0.25, 0.3) is 5.91 Å². The maximum atomic E-state index is 12.8. The van der Waals surface area contributed by atoms with Gasteiger partial charge in [-0.05, 0) is 37.8 Å². The Hall–Kier alpha value is -2.62. The normalized spacial score (nSPS) is 20.1. The van der Waals surface area contributed by atoms with Crippen molar-refractivity contribution < 1.29 is 23.0 Å². The van der Waals surface area contributed by atoms with Crippen molar-refractivity contribution in [2.45, 2.75) is 52.2 Å². The topological polar surface area (TPSA) is 71.3 Å². The molecule has 2 atom stereocenters. The Morgan fingerprint density at radius 1 is 1.41 bits per heavy atom. The van der Waals surface area contributed by atoms with E-state index in [9.17, 15) is 18.8 Å². The molecule has 1 saturated carbocycles. The number of hydrogen-bond donors (Lipinski definition) is 1. The highest BCUT2D eigenvalue weighted by molar-refractivity contribution is 6.02. The molecule has 1 amide bonds. The van der Waals surface area contributed by atoms with Crippen LogP contribution in [0.15, 0.2) is 23.8 Å². The first-order valence-corrected chi connectivity index (χ1v) is 9.09. The fourth-order valence-electron chi connectivity index (χ4n) is 3.21. The summed E-state index contributed by atoms with van der Waals surface area (Å²) < 4.78 is 35.5. The van der Waals surface area contributed by atoms with Crippen molar-refractivity contribution in [3.8, 4) is 17.6 Å². The van der Waals surface area contributed by atoms with Gasteiger partial charge in [-0.2, -0.15) is 14.0 Å². The second kappa shape index (κ2) is 9.91. The second-order valence-electron chi connectivity index (χ2n) is 6.50. The van der Waals surface area contributed by atoms with Crippen LogP contribution in [0.3, 0.4) is 0 Å². The lowest BCUT2D eigenvalue weighted by Crippen LogP contribution is -2.41. The van der Waals surface area contributed by atoms with E-state index in [1.54, 1.807) is 13.0 Å². The second-order valence-corrected chi connectivity index (χ2v) is 6.50. The minimum Gasteiger partial charge on any atom is -0.490 e. The van der Waals surface area contributed by atoms with Crippen molar-refractivity contribution in [2.75, 3.05) is 6.61 Å². The number of alkyl halides is 2. The van der Waals surface area contributed by atoms with Crippen LogP contribution in [0.25, 0.3) is 6.08 Å². The summed E-state index contributed by atoms with van der Waals surface area (Å²) in [5.41, 5.74) is 0.0187. The number of nitriles is 1. The molecular weight excluding hydrogens is 354 g/mol. The van der Waals surface area contributed by atoms with Crippen LogP contribution in [-0.4, -0.2) is 25.2 Å². The summed E-state index contributed by atoms with van der Waals surface area (Å²) in [4.78, 5) is 12.5. The van der Waals surface area contributed by atoms with Gasteiger partial charge in [0.2, 0.25) is 0 Å². The number of para-hydroxylation sites is 1. The van der Waals surface area contributed by atoms with Crippen molar-refractivity contribution in [1.29, 1.82) is 5.26 Å². The molecular formula is C20H24F2N2O3. The molecule has 27 heavy (non-hydrogen) atoms. The summed E-state index contributed by atoms with van der Waals surface area (Å²) in [6.45, 7) is 0.993. The van der Waals surface area contributed by atoms with Crippen molar-refractivity contribution in [3.05, 3.63) is 29.3 Å². The van der Waals surface area contributed by atoms with Gasteiger partial charge >= 0.3 is 6.61 Å². The molecule has 1 N–H and O–H groups in total. The lowest BCUT2D eigenvalue weighted by atomic mass is 9.86. The monoisotopic (exact) mass is 378 g/mol. The molecule has 0 aliphatic heterocycles. The fraction of sp³-hybridized carbons (Fsp3) is 0.500. The molecule has 0 radical (unpaired) electrons. The first-order valence-electron chi connectivity index (χ1n) is 9.09. The van der Waals surface area contributed by atoms with E-state index in [-0.39, 0.29) is 35.3 Å². The van der Waals surface area contributed by atoms with E-state index in [0.29, 0.717) is 5.92 Å². The van der Waals surface area contributed by atoms with Crippen LogP contribution in [-0.2, 0) is 4.79 Å². The molecule has 146 valence electrons. The minimum atomic E-state index is -3.05. The van der Waals surface area contributed by atoms with E-state index in [4.69, 9.17) is 4.74 Å². The number of rotatable bonds is 7. The molecule has 2 rings (SSSR count). The Labute approximate surface area is 158 Å². The van der Waals surface area contributed by atoms with Gasteiger partial charge in [-0.15, -0.1) is 0 Å². The predicted octanol–water partition coefficient (Wildman–Crippen LogP) is 4.29. The first kappa shape index (κ1) is 20.7. The average molecular weight is 378 g/mol. The molecule has 0 bridgehead atoms. The van der Waals surface area contributed by atoms with Gasteiger partial charge in [0.15, 0.2) is 11.5 Å². The molecule has 0 heterocycles. The molecule has 1 aliphatic rings. The van der Waals surface area contributed by atoms with Crippen molar-refractivity contribution >= 4 is 12.0 Å². The Bertz CT molecular complexity index is 728. The largest absolute Gasteiger partial charge is 0.490 e. The van der Waals surface area contributed by atoms with Crippen LogP contribution in [0.4, 0.5) is 8.78 Å². The molecule has 0 aromatic heterocycles. The predicted molar refractivity (Wildman–Crippen MR) is 97.4 cm³/mol. The van der Waals surface area contributed by atoms with Gasteiger partial charge in [0, 0.05) is 11.6 Å². The van der Waals surface area contributed by atoms with Gasteiger partial charge in [-0.1, -0.05) is 31.9 Å². The Balaban J connectivity index is 2.29. The summed E-state index contributed by atoms with van der Waals surface area (Å²) in [6.07, 6.45) is 5.31.